The average molecular weight is 535 g/mol. The van der Waals surface area contributed by atoms with Gasteiger partial charge in [-0.1, -0.05) is 17.7 Å². The molecular weight excluding hydrogens is 522 g/mol. The van der Waals surface area contributed by atoms with Gasteiger partial charge < -0.3 is 14.7 Å². The second-order valence-electron chi connectivity index (χ2n) is 7.39. The van der Waals surface area contributed by atoms with E-state index >= 15 is 0 Å². The second kappa shape index (κ2) is 8.87. The number of H-pyrrole nitrogens is 2. The van der Waals surface area contributed by atoms with Crippen LogP contribution in [0.15, 0.2) is 64.5 Å². The molecule has 8 nitrogen and oxygen atoms in total. The van der Waals surface area contributed by atoms with Crippen LogP contribution in [0, 0.1) is 11.6 Å². The first-order valence-corrected chi connectivity index (χ1v) is 12.7. The topological polar surface area (TPSA) is 118 Å². The third-order valence-corrected chi connectivity index (χ3v) is 7.74. The number of fused-ring (bicyclic) bond motifs is 1. The molecule has 13 heteroatoms. The molecule has 0 unspecified atom stereocenters. The maximum atomic E-state index is 14.9. The highest BCUT2D eigenvalue weighted by Crippen LogP contribution is 2.38. The fourth-order valence-electron chi connectivity index (χ4n) is 3.46. The Morgan fingerprint density at radius 2 is 1.77 bits per heavy atom. The lowest BCUT2D eigenvalue weighted by molar-refractivity contribution is 0.433. The number of imidazole rings is 1. The zero-order valence-electron chi connectivity index (χ0n) is 17.4. The van der Waals surface area contributed by atoms with Gasteiger partial charge in [0.15, 0.2) is 21.4 Å². The summed E-state index contributed by atoms with van der Waals surface area (Å²) in [5, 5.41) is 0.511. The van der Waals surface area contributed by atoms with E-state index < -0.39 is 37.9 Å². The fraction of sp³-hybridized carbons (Fsp3) is 0.0455. The molecule has 0 atom stereocenters. The lowest BCUT2D eigenvalue weighted by Crippen LogP contribution is -2.08. The lowest BCUT2D eigenvalue weighted by Gasteiger charge is -2.14. The number of hydrogen-bond donors (Lipinski definition) is 2. The Kier molecular flexibility index (Phi) is 5.87. The number of nitrogens with one attached hydrogen (secondary N) is 2. The van der Waals surface area contributed by atoms with Crippen molar-refractivity contribution < 1.29 is 21.9 Å². The van der Waals surface area contributed by atoms with E-state index in [4.69, 9.17) is 16.3 Å². The summed E-state index contributed by atoms with van der Waals surface area (Å²) in [6.45, 7) is 0. The third-order valence-electron chi connectivity index (χ3n) is 5.03. The minimum atomic E-state index is -4.21. The maximum Gasteiger partial charge on any atom is 0.323 e. The molecule has 0 fully saturated rings. The smallest absolute Gasteiger partial charge is 0.323 e. The van der Waals surface area contributed by atoms with Crippen molar-refractivity contribution in [1.82, 2.24) is 19.3 Å². The van der Waals surface area contributed by atoms with Crippen LogP contribution in [-0.2, 0) is 15.6 Å². The van der Waals surface area contributed by atoms with E-state index in [-0.39, 0.29) is 16.4 Å². The van der Waals surface area contributed by atoms with E-state index in [1.165, 1.54) is 18.5 Å². The van der Waals surface area contributed by atoms with Crippen molar-refractivity contribution in [3.8, 4) is 22.6 Å². The highest BCUT2D eigenvalue weighted by atomic mass is 35.5. The van der Waals surface area contributed by atoms with Crippen molar-refractivity contribution in [2.45, 2.75) is 10.6 Å². The van der Waals surface area contributed by atoms with Crippen LogP contribution in [-0.4, -0.2) is 27.7 Å². The molecule has 5 aromatic rings. The summed E-state index contributed by atoms with van der Waals surface area (Å²) >= 11 is 7.00. The number of ether oxygens (including phenoxy) is 1. The van der Waals surface area contributed by atoms with Gasteiger partial charge in [0.2, 0.25) is 0 Å². The molecule has 0 radical (unpaired) electrons. The molecule has 2 N–H and O–H groups in total. The second-order valence-corrected chi connectivity index (χ2v) is 10.6. The van der Waals surface area contributed by atoms with Gasteiger partial charge in [0, 0.05) is 16.7 Å². The SMILES string of the molecule is O=c1[nH]c2ccc(-c3cc(Cl)ccc3Oc3cc(F)c(S(=O)(=O)Cc4ncns4)cc3F)cc2[nH]1. The average Bonchev–Trinajstić information content (AvgIpc) is 3.44. The Hall–Kier alpha value is -3.61. The summed E-state index contributed by atoms with van der Waals surface area (Å²) in [6.07, 6.45) is 1.18. The Morgan fingerprint density at radius 3 is 2.54 bits per heavy atom. The molecule has 35 heavy (non-hydrogen) atoms. The number of rotatable bonds is 6. The molecule has 0 spiro atoms. The number of nitrogens with zero attached hydrogens (tertiary/aromatic N) is 2. The minimum absolute atomic E-state index is 0.134. The highest BCUT2D eigenvalue weighted by Gasteiger charge is 2.25. The highest BCUT2D eigenvalue weighted by molar-refractivity contribution is 7.90. The zero-order valence-corrected chi connectivity index (χ0v) is 19.8. The van der Waals surface area contributed by atoms with Crippen LogP contribution in [0.4, 0.5) is 8.78 Å². The number of sulfone groups is 1. The number of benzene rings is 3. The van der Waals surface area contributed by atoms with E-state index in [9.17, 15) is 22.0 Å². The van der Waals surface area contributed by atoms with Gasteiger partial charge in [0.1, 0.15) is 33.6 Å². The summed E-state index contributed by atoms with van der Waals surface area (Å²) in [6, 6.07) is 10.8. The largest absolute Gasteiger partial charge is 0.454 e. The molecule has 0 aliphatic rings. The molecule has 2 heterocycles. The fourth-order valence-corrected chi connectivity index (χ4v) is 5.81. The van der Waals surface area contributed by atoms with Crippen molar-refractivity contribution in [3.05, 3.63) is 87.0 Å². The van der Waals surface area contributed by atoms with Gasteiger partial charge >= 0.3 is 5.69 Å². The van der Waals surface area contributed by atoms with Crippen LogP contribution in [0.3, 0.4) is 0 Å². The quantitative estimate of drug-likeness (QED) is 0.314. The predicted molar refractivity (Wildman–Crippen MR) is 127 cm³/mol. The number of aromatic amines is 2. The van der Waals surface area contributed by atoms with Gasteiger partial charge in [-0.2, -0.15) is 4.37 Å². The molecule has 2 aromatic heterocycles. The van der Waals surface area contributed by atoms with Crippen LogP contribution >= 0.6 is 23.1 Å². The van der Waals surface area contributed by atoms with Gasteiger partial charge in [-0.3, -0.25) is 0 Å². The maximum absolute atomic E-state index is 14.9. The first-order chi connectivity index (χ1) is 16.7. The standard InChI is InChI=1S/C22H13ClF2N4O4S2/c23-12-2-4-18(13(6-12)11-1-3-16-17(5-11)29-22(30)28-16)33-19-7-15(25)20(8-14(19)24)35(31,32)9-21-26-10-27-34-21/h1-8,10H,9H2,(H2,28,29,30). The Labute approximate surface area is 205 Å². The molecule has 0 saturated carbocycles. The van der Waals surface area contributed by atoms with Crippen LogP contribution in [0.2, 0.25) is 5.02 Å². The van der Waals surface area contributed by atoms with E-state index in [2.05, 4.69) is 19.3 Å². The van der Waals surface area contributed by atoms with Gasteiger partial charge in [-0.25, -0.2) is 27.0 Å². The first kappa shape index (κ1) is 23.1. The third kappa shape index (κ3) is 4.67. The van der Waals surface area contributed by atoms with Gasteiger partial charge in [0.05, 0.1) is 11.0 Å². The molecule has 0 amide bonds. The van der Waals surface area contributed by atoms with Crippen LogP contribution < -0.4 is 10.4 Å². The van der Waals surface area contributed by atoms with E-state index in [1.54, 1.807) is 24.3 Å². The monoisotopic (exact) mass is 534 g/mol. The molecule has 178 valence electrons. The summed E-state index contributed by atoms with van der Waals surface area (Å²) in [7, 11) is -4.21. The summed E-state index contributed by atoms with van der Waals surface area (Å²) in [5.74, 6) is -3.24. The van der Waals surface area contributed by atoms with Crippen LogP contribution in [0.1, 0.15) is 5.01 Å². The van der Waals surface area contributed by atoms with Crippen LogP contribution in [0.5, 0.6) is 11.5 Å². The van der Waals surface area contributed by atoms with Crippen molar-refractivity contribution in [1.29, 1.82) is 0 Å². The molecule has 5 rings (SSSR count). The van der Waals surface area contributed by atoms with Gasteiger partial charge in [0.25, 0.3) is 0 Å². The van der Waals surface area contributed by atoms with Crippen molar-refractivity contribution in [2.75, 3.05) is 0 Å². The van der Waals surface area contributed by atoms with Crippen molar-refractivity contribution >= 4 is 44.0 Å². The zero-order chi connectivity index (χ0) is 24.7. The number of aromatic nitrogens is 4. The lowest BCUT2D eigenvalue weighted by atomic mass is 10.0. The molecule has 0 aliphatic heterocycles. The minimum Gasteiger partial charge on any atom is -0.454 e. The van der Waals surface area contributed by atoms with E-state index in [0.29, 0.717) is 39.3 Å². The molecule has 0 bridgehead atoms. The van der Waals surface area contributed by atoms with Crippen LogP contribution in [0.25, 0.3) is 22.2 Å². The molecule has 0 saturated heterocycles. The summed E-state index contributed by atoms with van der Waals surface area (Å²) < 4.78 is 64.2. The molecule has 3 aromatic carbocycles. The van der Waals surface area contributed by atoms with Crippen molar-refractivity contribution in [3.63, 3.8) is 0 Å². The molecule has 0 aliphatic carbocycles. The van der Waals surface area contributed by atoms with E-state index in [1.807, 2.05) is 0 Å². The Balaban J connectivity index is 1.52. The summed E-state index contributed by atoms with van der Waals surface area (Å²) in [5.41, 5.74) is 1.76. The Bertz CT molecular complexity index is 1730. The molecular formula is C22H13ClF2N4O4S2. The Morgan fingerprint density at radius 1 is 0.971 bits per heavy atom. The van der Waals surface area contributed by atoms with Gasteiger partial charge in [-0.15, -0.1) is 0 Å². The number of hydrogen-bond acceptors (Lipinski definition) is 7. The normalized spacial score (nSPS) is 11.7. The predicted octanol–water partition coefficient (Wildman–Crippen LogP) is 5.07. The van der Waals surface area contributed by atoms with E-state index in [0.717, 1.165) is 11.5 Å². The summed E-state index contributed by atoms with van der Waals surface area (Å²) in [4.78, 5) is 19.8. The van der Waals surface area contributed by atoms with Crippen molar-refractivity contribution in [2.24, 2.45) is 0 Å². The van der Waals surface area contributed by atoms with Gasteiger partial charge in [-0.05, 0) is 53.5 Å². The first-order valence-electron chi connectivity index (χ1n) is 9.87. The number of halogens is 3.